The fraction of sp³-hybridized carbons (Fsp3) is 0.333. The van der Waals surface area contributed by atoms with E-state index in [2.05, 4.69) is 163 Å². The van der Waals surface area contributed by atoms with Crippen LogP contribution in [0.5, 0.6) is 0 Å². The second-order valence-corrected chi connectivity index (χ2v) is 50.2. The number of hydrogen-bond donors (Lipinski definition) is 0. The molecule has 58 heavy (non-hydrogen) atoms. The standard InChI is InChI=1S/2C26H25.2CH3.2ClH.H2Si.Zr/c2*1-2-26(13-6-14-26)18-19-15-22-9-5-10-24(25(22)16-19)23-12-11-20-7-3-4-8-21(20)17-23;;;;;;/h2*3-5,7-12,15-17H,2,6,13-14,18H2,1H3;2*1H3;2*1H;1H2;. The zero-order valence-corrected chi connectivity index (χ0v) is 40.5. The average Bonchev–Trinajstić information content (AvgIpc) is 3.76. The van der Waals surface area contributed by atoms with Crippen molar-refractivity contribution in [3.8, 4) is 22.3 Å². The zero-order valence-electron chi connectivity index (χ0n) is 35.0. The SMILES string of the molecule is CCC1(CC2=Cc3c(-c4ccc5ccccc5c4)cccc3[CH]2[Zr]([CH3])([CH3])(=[SiH2])[CH]2C(CC3(CC)CCC3)=Cc3c(-c4ccc5ccccc5c4)cccc32)CCC1.Cl.Cl. The number of allylic oxidation sites excluding steroid dienone is 2. The van der Waals surface area contributed by atoms with Crippen molar-refractivity contribution in [3.63, 3.8) is 0 Å². The summed E-state index contributed by atoms with van der Waals surface area (Å²) in [6, 6.07) is 46.8. The topological polar surface area (TPSA) is 0 Å². The van der Waals surface area contributed by atoms with Gasteiger partial charge in [0.25, 0.3) is 0 Å². The molecule has 0 N–H and O–H groups in total. The summed E-state index contributed by atoms with van der Waals surface area (Å²) in [5.41, 5.74) is 16.3. The zero-order chi connectivity index (χ0) is 38.3. The Labute approximate surface area is 362 Å². The first-order valence-corrected chi connectivity index (χ1v) is 35.5. The summed E-state index contributed by atoms with van der Waals surface area (Å²) in [6.07, 6.45) is 18.9. The average molecular weight is 899 g/mol. The molecule has 4 aliphatic rings. The van der Waals surface area contributed by atoms with Crippen molar-refractivity contribution >= 4 is 65.4 Å². The van der Waals surface area contributed by atoms with E-state index < -0.39 is 17.4 Å². The number of rotatable bonds is 10. The third-order valence-electron chi connectivity index (χ3n) is 15.8. The minimum absolute atomic E-state index is 0. The molecule has 0 saturated heterocycles. The first kappa shape index (κ1) is 41.7. The molecule has 2 saturated carbocycles. The largest absolute Gasteiger partial charge is 0.147 e. The second-order valence-electron chi connectivity index (χ2n) is 19.7. The van der Waals surface area contributed by atoms with Crippen LogP contribution < -0.4 is 0 Å². The van der Waals surface area contributed by atoms with E-state index in [-0.39, 0.29) is 24.8 Å². The van der Waals surface area contributed by atoms with Gasteiger partial charge >= 0.3 is 340 Å². The van der Waals surface area contributed by atoms with Crippen molar-refractivity contribution < 1.29 is 17.4 Å². The van der Waals surface area contributed by atoms with Crippen molar-refractivity contribution in [2.75, 3.05) is 0 Å². The minimum atomic E-state index is -3.92. The smallest absolute Gasteiger partial charge is 0.147 e. The summed E-state index contributed by atoms with van der Waals surface area (Å²) < 4.78 is 6.84. The van der Waals surface area contributed by atoms with Gasteiger partial charge in [0, 0.05) is 0 Å². The third-order valence-corrected chi connectivity index (χ3v) is 33.3. The molecule has 0 spiro atoms. The molecule has 4 aliphatic carbocycles. The molecule has 0 amide bonds. The van der Waals surface area contributed by atoms with Crippen LogP contribution in [-0.2, 0) is 17.4 Å². The Kier molecular flexibility index (Phi) is 11.1. The van der Waals surface area contributed by atoms with E-state index in [0.717, 1.165) is 0 Å². The maximum Gasteiger partial charge on any atom is -0.147 e. The Hall–Kier alpha value is -3.00. The van der Waals surface area contributed by atoms with Crippen molar-refractivity contribution in [3.05, 3.63) is 155 Å². The van der Waals surface area contributed by atoms with Gasteiger partial charge in [-0.1, -0.05) is 0 Å². The van der Waals surface area contributed by atoms with E-state index in [4.69, 9.17) is 0 Å². The Bertz CT molecular complexity index is 2500. The van der Waals surface area contributed by atoms with E-state index in [1.807, 2.05) is 0 Å². The van der Waals surface area contributed by atoms with Crippen LogP contribution in [-0.4, -0.2) is 6.88 Å². The van der Waals surface area contributed by atoms with Gasteiger partial charge in [-0.05, 0) is 0 Å². The predicted octanol–water partition coefficient (Wildman–Crippen LogP) is 16.0. The van der Waals surface area contributed by atoms with E-state index in [0.29, 0.717) is 18.1 Å². The van der Waals surface area contributed by atoms with Crippen LogP contribution in [0.25, 0.3) is 56.0 Å². The molecule has 2 fully saturated rings. The molecule has 10 rings (SSSR count). The normalized spacial score (nSPS) is 20.2. The molecule has 0 aromatic heterocycles. The Balaban J connectivity index is 0.00000235. The molecule has 0 radical (unpaired) electrons. The van der Waals surface area contributed by atoms with E-state index in [1.165, 1.54) is 119 Å². The van der Waals surface area contributed by atoms with Crippen molar-refractivity contribution in [2.45, 2.75) is 94.6 Å². The first-order chi connectivity index (χ1) is 27.1. The fourth-order valence-corrected chi connectivity index (χ4v) is 32.1. The van der Waals surface area contributed by atoms with Gasteiger partial charge in [0.15, 0.2) is 0 Å². The predicted molar refractivity (Wildman–Crippen MR) is 257 cm³/mol. The van der Waals surface area contributed by atoms with Crippen LogP contribution in [0.1, 0.15) is 108 Å². The van der Waals surface area contributed by atoms with E-state index >= 15 is 0 Å². The molecular weight excluding hydrogens is 839 g/mol. The monoisotopic (exact) mass is 896 g/mol. The molecule has 2 unspecified atom stereocenters. The van der Waals surface area contributed by atoms with Crippen molar-refractivity contribution in [1.29, 1.82) is 0 Å². The van der Waals surface area contributed by atoms with E-state index in [9.17, 15) is 0 Å². The Morgan fingerprint density at radius 1 is 0.517 bits per heavy atom. The molecule has 0 nitrogen and oxygen atoms in total. The van der Waals surface area contributed by atoms with Crippen LogP contribution in [0.2, 0.25) is 9.26 Å². The van der Waals surface area contributed by atoms with E-state index in [1.54, 1.807) is 22.3 Å². The van der Waals surface area contributed by atoms with Crippen molar-refractivity contribution in [1.82, 2.24) is 0 Å². The summed E-state index contributed by atoms with van der Waals surface area (Å²) >= 11 is -3.92. The molecule has 0 aliphatic heterocycles. The molecule has 0 bridgehead atoms. The molecule has 2 atom stereocenters. The van der Waals surface area contributed by atoms with Crippen LogP contribution in [0.15, 0.2) is 132 Å². The molecule has 0 heterocycles. The summed E-state index contributed by atoms with van der Waals surface area (Å²) in [7, 11) is 0. The summed E-state index contributed by atoms with van der Waals surface area (Å²) in [6.45, 7) is 7.51. The molecule has 298 valence electrons. The van der Waals surface area contributed by atoms with Gasteiger partial charge in [-0.3, -0.25) is 0 Å². The van der Waals surface area contributed by atoms with Crippen LogP contribution in [0.3, 0.4) is 0 Å². The molecular formula is C54H60Cl2SiZr. The summed E-state index contributed by atoms with van der Waals surface area (Å²) in [5, 5.41) is 5.29. The quantitative estimate of drug-likeness (QED) is 0.120. The number of fused-ring (bicyclic) bond motifs is 4. The number of hydrogen-bond acceptors (Lipinski definition) is 0. The van der Waals surface area contributed by atoms with Gasteiger partial charge in [-0.15, -0.1) is 24.8 Å². The Morgan fingerprint density at radius 3 is 1.28 bits per heavy atom. The minimum Gasteiger partial charge on any atom is -0.147 e. The van der Waals surface area contributed by atoms with Gasteiger partial charge in [-0.2, -0.15) is 0 Å². The fourth-order valence-electron chi connectivity index (χ4n) is 12.4. The van der Waals surface area contributed by atoms with Crippen LogP contribution >= 0.6 is 24.8 Å². The second kappa shape index (κ2) is 15.5. The maximum absolute atomic E-state index is 3.92. The third kappa shape index (κ3) is 6.82. The molecule has 6 aromatic carbocycles. The Morgan fingerprint density at radius 2 is 0.914 bits per heavy atom. The van der Waals surface area contributed by atoms with Gasteiger partial charge in [0.1, 0.15) is 0 Å². The van der Waals surface area contributed by atoms with Gasteiger partial charge in [0.2, 0.25) is 0 Å². The van der Waals surface area contributed by atoms with Gasteiger partial charge in [0.05, 0.1) is 0 Å². The van der Waals surface area contributed by atoms with Crippen LogP contribution in [0.4, 0.5) is 0 Å². The number of benzene rings is 6. The molecule has 6 aromatic rings. The molecule has 4 heteroatoms. The van der Waals surface area contributed by atoms with Gasteiger partial charge < -0.3 is 0 Å². The van der Waals surface area contributed by atoms with Crippen molar-refractivity contribution in [2.24, 2.45) is 10.8 Å². The maximum atomic E-state index is 2.89. The first-order valence-electron chi connectivity index (χ1n) is 21.8. The summed E-state index contributed by atoms with van der Waals surface area (Å²) in [4.78, 5) is 0. The number of halogens is 2. The summed E-state index contributed by atoms with van der Waals surface area (Å²) in [5.74, 6) is 0. The van der Waals surface area contributed by atoms with Gasteiger partial charge in [-0.25, -0.2) is 0 Å². The van der Waals surface area contributed by atoms with Crippen LogP contribution in [0, 0.1) is 10.8 Å².